The number of nitrogens with one attached hydrogen (secondary N) is 1. The number of hydrogen-bond acceptors (Lipinski definition) is 5. The van der Waals surface area contributed by atoms with Crippen molar-refractivity contribution in [2.75, 3.05) is 7.11 Å². The average Bonchev–Trinajstić information content (AvgIpc) is 2.60. The summed E-state index contributed by atoms with van der Waals surface area (Å²) >= 11 is 0. The van der Waals surface area contributed by atoms with E-state index in [1.807, 2.05) is 38.1 Å². The maximum absolute atomic E-state index is 12.4. The van der Waals surface area contributed by atoms with E-state index in [1.165, 1.54) is 11.7 Å². The van der Waals surface area contributed by atoms with Crippen LogP contribution >= 0.6 is 0 Å². The lowest BCUT2D eigenvalue weighted by atomic mass is 10.0. The van der Waals surface area contributed by atoms with Gasteiger partial charge in [-0.1, -0.05) is 26.0 Å². The Balaban J connectivity index is 2.12. The Kier molecular flexibility index (Phi) is 5.90. The van der Waals surface area contributed by atoms with Gasteiger partial charge < -0.3 is 14.6 Å². The lowest BCUT2D eigenvalue weighted by Crippen LogP contribution is -2.45. The van der Waals surface area contributed by atoms with Crippen LogP contribution in [0.2, 0.25) is 0 Å². The highest BCUT2D eigenvalue weighted by atomic mass is 16.5. The van der Waals surface area contributed by atoms with Gasteiger partial charge in [-0.2, -0.15) is 0 Å². The van der Waals surface area contributed by atoms with Crippen LogP contribution in [-0.4, -0.2) is 34.6 Å². The number of benzene rings is 1. The molecule has 0 saturated heterocycles. The van der Waals surface area contributed by atoms with E-state index in [9.17, 15) is 14.4 Å². The number of hydrogen-bond donors (Lipinski definition) is 1. The fraction of sp³-hybridized carbons (Fsp3) is 0.444. The molecule has 0 radical (unpaired) electrons. The van der Waals surface area contributed by atoms with Gasteiger partial charge in [0, 0.05) is 19.9 Å². The van der Waals surface area contributed by atoms with Gasteiger partial charge in [-0.05, 0) is 18.1 Å². The van der Waals surface area contributed by atoms with Crippen LogP contribution in [0.25, 0.3) is 11.0 Å². The number of aromatic nitrogens is 2. The first-order valence-corrected chi connectivity index (χ1v) is 8.17. The number of ether oxygens (including phenoxy) is 1. The van der Waals surface area contributed by atoms with Gasteiger partial charge in [0.25, 0.3) is 5.56 Å². The molecule has 0 unspecified atom stereocenters. The van der Waals surface area contributed by atoms with Gasteiger partial charge in [-0.3, -0.25) is 9.59 Å². The highest BCUT2D eigenvalue weighted by molar-refractivity contribution is 5.84. The second kappa shape index (κ2) is 7.92. The molecule has 2 aromatic rings. The Labute approximate surface area is 146 Å². The minimum Gasteiger partial charge on any atom is -0.467 e. The molecule has 0 fully saturated rings. The van der Waals surface area contributed by atoms with Crippen molar-refractivity contribution in [3.63, 3.8) is 0 Å². The molecule has 1 N–H and O–H groups in total. The van der Waals surface area contributed by atoms with Gasteiger partial charge in [0.1, 0.15) is 11.7 Å². The van der Waals surface area contributed by atoms with E-state index < -0.39 is 12.0 Å². The summed E-state index contributed by atoms with van der Waals surface area (Å²) in [7, 11) is 2.97. The smallest absolute Gasteiger partial charge is 0.328 e. The Bertz CT molecular complexity index is 842. The minimum atomic E-state index is -0.704. The number of carbonyl (C=O) groups excluding carboxylic acids is 2. The van der Waals surface area contributed by atoms with E-state index in [2.05, 4.69) is 10.3 Å². The van der Waals surface area contributed by atoms with Crippen LogP contribution in [-0.2, 0) is 27.8 Å². The third-order valence-electron chi connectivity index (χ3n) is 4.08. The van der Waals surface area contributed by atoms with Crippen LogP contribution in [0.5, 0.6) is 0 Å². The normalized spacial score (nSPS) is 12.2. The van der Waals surface area contributed by atoms with Gasteiger partial charge in [0.2, 0.25) is 5.91 Å². The fourth-order valence-corrected chi connectivity index (χ4v) is 2.60. The van der Waals surface area contributed by atoms with Crippen molar-refractivity contribution in [1.82, 2.24) is 14.9 Å². The predicted octanol–water partition coefficient (Wildman–Crippen LogP) is 1.18. The van der Waals surface area contributed by atoms with Crippen molar-refractivity contribution in [2.45, 2.75) is 32.7 Å². The second-order valence-corrected chi connectivity index (χ2v) is 6.22. The SMILES string of the molecule is COC(=O)[C@H](NC(=O)CCc1nc2ccccc2n(C)c1=O)C(C)C. The Morgan fingerprint density at radius 2 is 1.96 bits per heavy atom. The summed E-state index contributed by atoms with van der Waals surface area (Å²) in [6.45, 7) is 3.64. The van der Waals surface area contributed by atoms with Gasteiger partial charge in [-0.25, -0.2) is 9.78 Å². The van der Waals surface area contributed by atoms with Crippen LogP contribution in [0, 0.1) is 5.92 Å². The molecule has 1 aromatic heterocycles. The number of amides is 1. The molecule has 1 heterocycles. The molecule has 0 saturated carbocycles. The average molecular weight is 345 g/mol. The van der Waals surface area contributed by atoms with Gasteiger partial charge >= 0.3 is 5.97 Å². The molecule has 0 aliphatic heterocycles. The van der Waals surface area contributed by atoms with E-state index in [-0.39, 0.29) is 30.2 Å². The third-order valence-corrected chi connectivity index (χ3v) is 4.08. The quantitative estimate of drug-likeness (QED) is 0.794. The van der Waals surface area contributed by atoms with Crippen molar-refractivity contribution in [3.8, 4) is 0 Å². The highest BCUT2D eigenvalue weighted by Gasteiger charge is 2.24. The molecular weight excluding hydrogens is 322 g/mol. The van der Waals surface area contributed by atoms with Crippen molar-refractivity contribution in [2.24, 2.45) is 13.0 Å². The maximum atomic E-state index is 12.4. The number of aryl methyl sites for hydroxylation is 2. The molecule has 1 aromatic carbocycles. The number of para-hydroxylation sites is 2. The van der Waals surface area contributed by atoms with E-state index in [0.29, 0.717) is 11.2 Å². The molecule has 0 aliphatic carbocycles. The zero-order valence-corrected chi connectivity index (χ0v) is 14.9. The van der Waals surface area contributed by atoms with E-state index in [1.54, 1.807) is 7.05 Å². The summed E-state index contributed by atoms with van der Waals surface area (Å²) in [5, 5.41) is 2.66. The summed E-state index contributed by atoms with van der Waals surface area (Å²) in [6.07, 6.45) is 0.274. The van der Waals surface area contributed by atoms with Crippen LogP contribution in [0.15, 0.2) is 29.1 Å². The molecule has 0 spiro atoms. The number of esters is 1. The first-order valence-electron chi connectivity index (χ1n) is 8.17. The molecular formula is C18H23N3O4. The van der Waals surface area contributed by atoms with Crippen LogP contribution in [0.1, 0.15) is 26.0 Å². The van der Waals surface area contributed by atoms with Crippen LogP contribution in [0.3, 0.4) is 0 Å². The van der Waals surface area contributed by atoms with E-state index in [0.717, 1.165) is 5.52 Å². The van der Waals surface area contributed by atoms with Gasteiger partial charge in [0.15, 0.2) is 0 Å². The predicted molar refractivity (Wildman–Crippen MR) is 94.1 cm³/mol. The fourth-order valence-electron chi connectivity index (χ4n) is 2.60. The maximum Gasteiger partial charge on any atom is 0.328 e. The first kappa shape index (κ1) is 18.6. The topological polar surface area (TPSA) is 90.3 Å². The molecule has 0 bridgehead atoms. The van der Waals surface area contributed by atoms with E-state index in [4.69, 9.17) is 4.74 Å². The van der Waals surface area contributed by atoms with Crippen LogP contribution < -0.4 is 10.9 Å². The molecule has 7 nitrogen and oxygen atoms in total. The number of rotatable bonds is 6. The van der Waals surface area contributed by atoms with Crippen molar-refractivity contribution in [1.29, 1.82) is 0 Å². The molecule has 1 atom stereocenters. The Morgan fingerprint density at radius 3 is 2.60 bits per heavy atom. The molecule has 2 rings (SSSR count). The number of fused-ring (bicyclic) bond motifs is 1. The number of methoxy groups -OCH3 is 1. The lowest BCUT2D eigenvalue weighted by Gasteiger charge is -2.19. The summed E-state index contributed by atoms with van der Waals surface area (Å²) in [5.74, 6) is -0.896. The van der Waals surface area contributed by atoms with Gasteiger partial charge in [-0.15, -0.1) is 0 Å². The van der Waals surface area contributed by atoms with Crippen LogP contribution in [0.4, 0.5) is 0 Å². The minimum absolute atomic E-state index is 0.0702. The Morgan fingerprint density at radius 1 is 1.28 bits per heavy atom. The second-order valence-electron chi connectivity index (χ2n) is 6.22. The summed E-state index contributed by atoms with van der Waals surface area (Å²) in [4.78, 5) is 40.6. The zero-order valence-electron chi connectivity index (χ0n) is 14.9. The highest BCUT2D eigenvalue weighted by Crippen LogP contribution is 2.10. The van der Waals surface area contributed by atoms with E-state index >= 15 is 0 Å². The van der Waals surface area contributed by atoms with Crippen molar-refractivity contribution < 1.29 is 14.3 Å². The zero-order chi connectivity index (χ0) is 18.6. The van der Waals surface area contributed by atoms with Gasteiger partial charge in [0.05, 0.1) is 18.1 Å². The molecule has 25 heavy (non-hydrogen) atoms. The standard InChI is InChI=1S/C18H23N3O4/c1-11(2)16(18(24)25-4)20-15(22)10-9-13-17(23)21(3)14-8-6-5-7-12(14)19-13/h5-8,11,16H,9-10H2,1-4H3,(H,20,22)/t16-/m1/s1. The molecule has 1 amide bonds. The van der Waals surface area contributed by atoms with Crippen molar-refractivity contribution >= 4 is 22.9 Å². The summed E-state index contributed by atoms with van der Waals surface area (Å²) < 4.78 is 6.23. The summed E-state index contributed by atoms with van der Waals surface area (Å²) in [5.41, 5.74) is 1.55. The summed E-state index contributed by atoms with van der Waals surface area (Å²) in [6, 6.07) is 6.63. The largest absolute Gasteiger partial charge is 0.467 e. The Hall–Kier alpha value is -2.70. The molecule has 7 heteroatoms. The molecule has 0 aliphatic rings. The lowest BCUT2D eigenvalue weighted by molar-refractivity contribution is -0.146. The van der Waals surface area contributed by atoms with Crippen molar-refractivity contribution in [3.05, 3.63) is 40.3 Å². The first-order chi connectivity index (χ1) is 11.8. The molecule has 134 valence electrons. The number of nitrogens with zero attached hydrogens (tertiary/aromatic N) is 2. The monoisotopic (exact) mass is 345 g/mol. The number of carbonyl (C=O) groups is 2. The third kappa shape index (κ3) is 4.23.